The lowest BCUT2D eigenvalue weighted by Crippen LogP contribution is -2.47. The fourth-order valence-corrected chi connectivity index (χ4v) is 1.18. The number of nitrogens with zero attached hydrogens (tertiary/aromatic N) is 1. The van der Waals surface area contributed by atoms with E-state index in [1.165, 1.54) is 12.1 Å². The van der Waals surface area contributed by atoms with Crippen molar-refractivity contribution >= 4 is 5.69 Å². The summed E-state index contributed by atoms with van der Waals surface area (Å²) >= 11 is 0. The Morgan fingerprint density at radius 1 is 1.27 bits per heavy atom. The van der Waals surface area contributed by atoms with Gasteiger partial charge >= 0.3 is 0 Å². The van der Waals surface area contributed by atoms with Crippen LogP contribution in [0.1, 0.15) is 13.8 Å². The molecule has 0 atom stereocenters. The second-order valence-corrected chi connectivity index (χ2v) is 4.17. The summed E-state index contributed by atoms with van der Waals surface area (Å²) in [5.41, 5.74) is 5.93. The predicted molar refractivity (Wildman–Crippen MR) is 57.9 cm³/mol. The Kier molecular flexibility index (Phi) is 3.29. The van der Waals surface area contributed by atoms with Crippen LogP contribution in [0, 0.1) is 11.6 Å². The molecular formula is C11H16F2N2. The van der Waals surface area contributed by atoms with Crippen molar-refractivity contribution in [2.45, 2.75) is 19.4 Å². The smallest absolute Gasteiger partial charge is 0.160 e. The van der Waals surface area contributed by atoms with E-state index in [1.54, 1.807) is 7.05 Å². The van der Waals surface area contributed by atoms with Crippen molar-refractivity contribution in [1.29, 1.82) is 0 Å². The molecule has 0 saturated carbocycles. The lowest BCUT2D eigenvalue weighted by atomic mass is 10.0. The summed E-state index contributed by atoms with van der Waals surface area (Å²) in [4.78, 5) is 1.83. The number of anilines is 1. The van der Waals surface area contributed by atoms with Gasteiger partial charge < -0.3 is 10.6 Å². The minimum Gasteiger partial charge on any atom is -0.368 e. The first kappa shape index (κ1) is 11.9. The van der Waals surface area contributed by atoms with Crippen molar-refractivity contribution < 1.29 is 8.78 Å². The highest BCUT2D eigenvalue weighted by atomic mass is 19.2. The summed E-state index contributed by atoms with van der Waals surface area (Å²) in [6.45, 7) is 4.31. The molecule has 0 heterocycles. The van der Waals surface area contributed by atoms with Crippen LogP contribution in [0.25, 0.3) is 0 Å². The Morgan fingerprint density at radius 3 is 2.33 bits per heavy atom. The van der Waals surface area contributed by atoms with Crippen LogP contribution in [0.5, 0.6) is 0 Å². The van der Waals surface area contributed by atoms with Crippen molar-refractivity contribution in [2.75, 3.05) is 18.5 Å². The molecule has 1 rings (SSSR count). The quantitative estimate of drug-likeness (QED) is 0.835. The third-order valence-corrected chi connectivity index (χ3v) is 2.70. The number of benzene rings is 1. The molecule has 1 aromatic carbocycles. The summed E-state index contributed by atoms with van der Waals surface area (Å²) in [5.74, 6) is -1.68. The molecule has 0 amide bonds. The van der Waals surface area contributed by atoms with Crippen molar-refractivity contribution in [3.05, 3.63) is 29.8 Å². The fraction of sp³-hybridized carbons (Fsp3) is 0.455. The summed E-state index contributed by atoms with van der Waals surface area (Å²) in [7, 11) is 1.81. The predicted octanol–water partition coefficient (Wildman–Crippen LogP) is 2.14. The summed E-state index contributed by atoms with van der Waals surface area (Å²) in [6, 6.07) is 3.83. The Balaban J connectivity index is 3.02. The van der Waals surface area contributed by atoms with Crippen molar-refractivity contribution in [1.82, 2.24) is 0 Å². The van der Waals surface area contributed by atoms with Crippen LogP contribution < -0.4 is 10.6 Å². The Labute approximate surface area is 88.7 Å². The number of rotatable bonds is 3. The van der Waals surface area contributed by atoms with Crippen molar-refractivity contribution in [3.63, 3.8) is 0 Å². The minimum absolute atomic E-state index is 0.287. The first-order valence-electron chi connectivity index (χ1n) is 4.77. The fourth-order valence-electron chi connectivity index (χ4n) is 1.18. The van der Waals surface area contributed by atoms with Gasteiger partial charge in [0.2, 0.25) is 0 Å². The first-order chi connectivity index (χ1) is 6.88. The van der Waals surface area contributed by atoms with Crippen LogP contribution >= 0.6 is 0 Å². The molecule has 0 aliphatic rings. The molecule has 2 nitrogen and oxygen atoms in total. The monoisotopic (exact) mass is 214 g/mol. The zero-order valence-electron chi connectivity index (χ0n) is 9.22. The average molecular weight is 214 g/mol. The van der Waals surface area contributed by atoms with Crippen LogP contribution in [-0.4, -0.2) is 19.1 Å². The third kappa shape index (κ3) is 2.45. The molecule has 0 bridgehead atoms. The third-order valence-electron chi connectivity index (χ3n) is 2.70. The molecule has 0 spiro atoms. The molecule has 84 valence electrons. The Morgan fingerprint density at radius 2 is 1.87 bits per heavy atom. The molecule has 15 heavy (non-hydrogen) atoms. The molecule has 0 saturated heterocycles. The highest BCUT2D eigenvalue weighted by Gasteiger charge is 2.22. The Bertz CT molecular complexity index is 350. The van der Waals surface area contributed by atoms with Gasteiger partial charge in [0.05, 0.1) is 0 Å². The van der Waals surface area contributed by atoms with Crippen LogP contribution in [-0.2, 0) is 0 Å². The van der Waals surface area contributed by atoms with E-state index in [9.17, 15) is 8.78 Å². The van der Waals surface area contributed by atoms with E-state index in [2.05, 4.69) is 0 Å². The zero-order valence-corrected chi connectivity index (χ0v) is 9.22. The van der Waals surface area contributed by atoms with E-state index in [-0.39, 0.29) is 5.54 Å². The van der Waals surface area contributed by atoms with Crippen LogP contribution in [0.2, 0.25) is 0 Å². The number of likely N-dealkylation sites (N-methyl/N-ethyl adjacent to an activating group) is 1. The SMILES string of the molecule is CN(c1ccc(F)c(F)c1)C(C)(C)CN. The second-order valence-electron chi connectivity index (χ2n) is 4.17. The molecule has 0 aliphatic heterocycles. The van der Waals surface area contributed by atoms with Gasteiger partial charge in [0.25, 0.3) is 0 Å². The van der Waals surface area contributed by atoms with Crippen LogP contribution in [0.3, 0.4) is 0 Å². The van der Waals surface area contributed by atoms with Gasteiger partial charge in [-0.05, 0) is 26.0 Å². The molecule has 4 heteroatoms. The standard InChI is InChI=1S/C11H16F2N2/c1-11(2,7-14)15(3)8-4-5-9(12)10(13)6-8/h4-6H,7,14H2,1-3H3. The van der Waals surface area contributed by atoms with E-state index in [0.717, 1.165) is 6.07 Å². The van der Waals surface area contributed by atoms with Gasteiger partial charge in [-0.15, -0.1) is 0 Å². The summed E-state index contributed by atoms with van der Waals surface area (Å²) < 4.78 is 25.7. The largest absolute Gasteiger partial charge is 0.368 e. The molecule has 0 radical (unpaired) electrons. The van der Waals surface area contributed by atoms with E-state index in [0.29, 0.717) is 12.2 Å². The van der Waals surface area contributed by atoms with Crippen LogP contribution in [0.4, 0.5) is 14.5 Å². The maximum Gasteiger partial charge on any atom is 0.160 e. The maximum atomic E-state index is 13.0. The van der Waals surface area contributed by atoms with Gasteiger partial charge in [0, 0.05) is 30.9 Å². The average Bonchev–Trinajstić information content (AvgIpc) is 2.21. The number of nitrogens with two attached hydrogens (primary N) is 1. The molecule has 0 fully saturated rings. The Hall–Kier alpha value is -1.16. The molecular weight excluding hydrogens is 198 g/mol. The lowest BCUT2D eigenvalue weighted by Gasteiger charge is -2.36. The van der Waals surface area contributed by atoms with E-state index >= 15 is 0 Å². The maximum absolute atomic E-state index is 13.0. The van der Waals surface area contributed by atoms with Gasteiger partial charge in [0.15, 0.2) is 11.6 Å². The van der Waals surface area contributed by atoms with E-state index in [4.69, 9.17) is 5.73 Å². The van der Waals surface area contributed by atoms with E-state index in [1.807, 2.05) is 18.7 Å². The molecule has 1 aromatic rings. The summed E-state index contributed by atoms with van der Waals surface area (Å²) in [6.07, 6.45) is 0. The number of hydrogen-bond acceptors (Lipinski definition) is 2. The highest BCUT2D eigenvalue weighted by molar-refractivity contribution is 5.48. The van der Waals surface area contributed by atoms with Crippen molar-refractivity contribution in [3.8, 4) is 0 Å². The molecule has 2 N–H and O–H groups in total. The number of hydrogen-bond donors (Lipinski definition) is 1. The number of halogens is 2. The lowest BCUT2D eigenvalue weighted by molar-refractivity contribution is 0.489. The van der Waals surface area contributed by atoms with Gasteiger partial charge in [0.1, 0.15) is 0 Å². The van der Waals surface area contributed by atoms with Crippen molar-refractivity contribution in [2.24, 2.45) is 5.73 Å². The van der Waals surface area contributed by atoms with Gasteiger partial charge in [-0.25, -0.2) is 8.78 Å². The van der Waals surface area contributed by atoms with Gasteiger partial charge in [-0.3, -0.25) is 0 Å². The minimum atomic E-state index is -0.841. The van der Waals surface area contributed by atoms with E-state index < -0.39 is 11.6 Å². The topological polar surface area (TPSA) is 29.3 Å². The molecule has 0 unspecified atom stereocenters. The first-order valence-corrected chi connectivity index (χ1v) is 4.77. The normalized spacial score (nSPS) is 11.6. The zero-order chi connectivity index (χ0) is 11.6. The van der Waals surface area contributed by atoms with Gasteiger partial charge in [-0.2, -0.15) is 0 Å². The molecule has 0 aromatic heterocycles. The highest BCUT2D eigenvalue weighted by Crippen LogP contribution is 2.23. The second kappa shape index (κ2) is 4.14. The van der Waals surface area contributed by atoms with Crippen LogP contribution in [0.15, 0.2) is 18.2 Å². The molecule has 0 aliphatic carbocycles. The summed E-state index contributed by atoms with van der Waals surface area (Å²) in [5, 5.41) is 0. The van der Waals surface area contributed by atoms with Gasteiger partial charge in [-0.1, -0.05) is 0 Å².